The van der Waals surface area contributed by atoms with Crippen LogP contribution < -0.4 is 4.74 Å². The van der Waals surface area contributed by atoms with Gasteiger partial charge in [0, 0.05) is 12.1 Å². The summed E-state index contributed by atoms with van der Waals surface area (Å²) in [5.41, 5.74) is 0.284. The zero-order valence-electron chi connectivity index (χ0n) is 11.4. The van der Waals surface area contributed by atoms with Crippen LogP contribution in [0.5, 0.6) is 5.75 Å². The Labute approximate surface area is 127 Å². The van der Waals surface area contributed by atoms with Crippen LogP contribution >= 0.6 is 23.2 Å². The van der Waals surface area contributed by atoms with Gasteiger partial charge in [-0.15, -0.1) is 0 Å². The van der Waals surface area contributed by atoms with Crippen LogP contribution in [-0.2, 0) is 9.53 Å². The van der Waals surface area contributed by atoms with Crippen molar-refractivity contribution in [2.75, 3.05) is 27.3 Å². The number of nitrogens with zero attached hydrogens (tertiary/aromatic N) is 1. The molecule has 0 atom stereocenters. The molecular formula is C13H15Cl2NO4. The maximum Gasteiger partial charge on any atom is 0.325 e. The number of carbonyl (C=O) groups excluding carboxylic acids is 2. The van der Waals surface area contributed by atoms with Gasteiger partial charge < -0.3 is 14.4 Å². The second-order valence-corrected chi connectivity index (χ2v) is 4.68. The Morgan fingerprint density at radius 2 is 1.75 bits per heavy atom. The van der Waals surface area contributed by atoms with Gasteiger partial charge in [0.25, 0.3) is 5.91 Å². The Morgan fingerprint density at radius 3 is 2.15 bits per heavy atom. The van der Waals surface area contributed by atoms with E-state index in [4.69, 9.17) is 27.9 Å². The lowest BCUT2D eigenvalue weighted by Crippen LogP contribution is -2.36. The number of carbonyl (C=O) groups is 2. The van der Waals surface area contributed by atoms with Gasteiger partial charge in [0.15, 0.2) is 5.75 Å². The fourth-order valence-electron chi connectivity index (χ4n) is 1.61. The third kappa shape index (κ3) is 3.77. The molecule has 0 saturated carbocycles. The van der Waals surface area contributed by atoms with Gasteiger partial charge in [0.05, 0.1) is 24.3 Å². The normalized spacial score (nSPS) is 10.1. The van der Waals surface area contributed by atoms with E-state index in [-0.39, 0.29) is 28.1 Å². The smallest absolute Gasteiger partial charge is 0.325 e. The predicted molar refractivity (Wildman–Crippen MR) is 76.6 cm³/mol. The first-order valence-electron chi connectivity index (χ1n) is 5.83. The second kappa shape index (κ2) is 7.36. The standard InChI is InChI=1S/C13H15Cl2NO4/c1-4-16(7-11(17)19-2)13(18)8-5-9(14)12(20-3)10(15)6-8/h5-6H,4,7H2,1-3H3. The Hall–Kier alpha value is -1.46. The SMILES string of the molecule is CCN(CC(=O)OC)C(=O)c1cc(Cl)c(OC)c(Cl)c1. The van der Waals surface area contributed by atoms with Crippen molar-refractivity contribution in [3.63, 3.8) is 0 Å². The molecule has 0 N–H and O–H groups in total. The average Bonchev–Trinajstić information content (AvgIpc) is 2.43. The van der Waals surface area contributed by atoms with Gasteiger partial charge in [-0.05, 0) is 19.1 Å². The molecule has 0 saturated heterocycles. The van der Waals surface area contributed by atoms with Crippen molar-refractivity contribution < 1.29 is 19.1 Å². The summed E-state index contributed by atoms with van der Waals surface area (Å²) in [6.45, 7) is 1.98. The number of methoxy groups -OCH3 is 2. The number of benzene rings is 1. The quantitative estimate of drug-likeness (QED) is 0.783. The first kappa shape index (κ1) is 16.6. The summed E-state index contributed by atoms with van der Waals surface area (Å²) >= 11 is 12.0. The van der Waals surface area contributed by atoms with E-state index in [9.17, 15) is 9.59 Å². The molecule has 110 valence electrons. The van der Waals surface area contributed by atoms with E-state index in [2.05, 4.69) is 4.74 Å². The molecule has 1 aromatic rings. The zero-order valence-corrected chi connectivity index (χ0v) is 12.9. The molecule has 1 amide bonds. The molecule has 1 rings (SSSR count). The van der Waals surface area contributed by atoms with Crippen LogP contribution in [0.15, 0.2) is 12.1 Å². The molecule has 5 nitrogen and oxygen atoms in total. The van der Waals surface area contributed by atoms with Gasteiger partial charge in [-0.2, -0.15) is 0 Å². The van der Waals surface area contributed by atoms with E-state index in [1.807, 2.05) is 0 Å². The summed E-state index contributed by atoms with van der Waals surface area (Å²) in [7, 11) is 2.70. The monoisotopic (exact) mass is 319 g/mol. The number of hydrogen-bond acceptors (Lipinski definition) is 4. The molecule has 0 aliphatic heterocycles. The molecule has 0 radical (unpaired) electrons. The molecule has 0 bridgehead atoms. The van der Waals surface area contributed by atoms with Gasteiger partial charge in [0.1, 0.15) is 6.54 Å². The third-order valence-corrected chi connectivity index (χ3v) is 3.23. The Bertz CT molecular complexity index is 496. The lowest BCUT2D eigenvalue weighted by Gasteiger charge is -2.20. The third-order valence-electron chi connectivity index (χ3n) is 2.67. The van der Waals surface area contributed by atoms with E-state index >= 15 is 0 Å². The van der Waals surface area contributed by atoms with Crippen molar-refractivity contribution in [2.45, 2.75) is 6.92 Å². The summed E-state index contributed by atoms with van der Waals surface area (Å²) in [5, 5.41) is 0.468. The maximum atomic E-state index is 12.3. The number of hydrogen-bond donors (Lipinski definition) is 0. The van der Waals surface area contributed by atoms with Crippen molar-refractivity contribution >= 4 is 35.1 Å². The maximum absolute atomic E-state index is 12.3. The molecule has 0 fully saturated rings. The molecular weight excluding hydrogens is 305 g/mol. The van der Waals surface area contributed by atoms with Gasteiger partial charge in [-0.1, -0.05) is 23.2 Å². The highest BCUT2D eigenvalue weighted by Gasteiger charge is 2.20. The number of likely N-dealkylation sites (N-methyl/N-ethyl adjacent to an activating group) is 1. The number of esters is 1. The van der Waals surface area contributed by atoms with Crippen molar-refractivity contribution in [1.29, 1.82) is 0 Å². The molecule has 0 unspecified atom stereocenters. The minimum Gasteiger partial charge on any atom is -0.494 e. The summed E-state index contributed by atoms with van der Waals surface area (Å²) in [6, 6.07) is 2.91. The van der Waals surface area contributed by atoms with E-state index in [1.165, 1.54) is 31.3 Å². The molecule has 0 aromatic heterocycles. The number of ether oxygens (including phenoxy) is 2. The van der Waals surface area contributed by atoms with E-state index in [1.54, 1.807) is 6.92 Å². The van der Waals surface area contributed by atoms with Gasteiger partial charge in [-0.3, -0.25) is 9.59 Å². The predicted octanol–water partition coefficient (Wildman–Crippen LogP) is 2.64. The topological polar surface area (TPSA) is 55.8 Å². The summed E-state index contributed by atoms with van der Waals surface area (Å²) < 4.78 is 9.56. The van der Waals surface area contributed by atoms with Gasteiger partial charge >= 0.3 is 5.97 Å². The number of halogens is 2. The van der Waals surface area contributed by atoms with Gasteiger partial charge in [-0.25, -0.2) is 0 Å². The molecule has 0 aliphatic rings. The largest absolute Gasteiger partial charge is 0.494 e. The summed E-state index contributed by atoms with van der Waals surface area (Å²) in [4.78, 5) is 24.9. The van der Waals surface area contributed by atoms with Crippen LogP contribution in [0.2, 0.25) is 10.0 Å². The lowest BCUT2D eigenvalue weighted by atomic mass is 10.2. The molecule has 0 aliphatic carbocycles. The van der Waals surface area contributed by atoms with E-state index in [0.29, 0.717) is 12.3 Å². The van der Waals surface area contributed by atoms with Gasteiger partial charge in [0.2, 0.25) is 0 Å². The van der Waals surface area contributed by atoms with Crippen LogP contribution in [0.25, 0.3) is 0 Å². The van der Waals surface area contributed by atoms with Crippen LogP contribution in [0.4, 0.5) is 0 Å². The molecule has 0 spiro atoms. The summed E-state index contributed by atoms with van der Waals surface area (Å²) in [5.74, 6) is -0.545. The number of rotatable bonds is 5. The van der Waals surface area contributed by atoms with Crippen molar-refractivity contribution in [3.05, 3.63) is 27.7 Å². The highest BCUT2D eigenvalue weighted by Crippen LogP contribution is 2.34. The minimum atomic E-state index is -0.495. The zero-order chi connectivity index (χ0) is 15.3. The molecule has 1 aromatic carbocycles. The molecule has 7 heteroatoms. The first-order chi connectivity index (χ1) is 9.44. The van der Waals surface area contributed by atoms with Crippen LogP contribution in [0.3, 0.4) is 0 Å². The van der Waals surface area contributed by atoms with Crippen LogP contribution in [0.1, 0.15) is 17.3 Å². The highest BCUT2D eigenvalue weighted by molar-refractivity contribution is 6.37. The van der Waals surface area contributed by atoms with Crippen LogP contribution in [-0.4, -0.2) is 44.1 Å². The van der Waals surface area contributed by atoms with E-state index < -0.39 is 5.97 Å². The summed E-state index contributed by atoms with van der Waals surface area (Å²) in [6.07, 6.45) is 0. The fraction of sp³-hybridized carbons (Fsp3) is 0.385. The van der Waals surface area contributed by atoms with Crippen molar-refractivity contribution in [3.8, 4) is 5.75 Å². The lowest BCUT2D eigenvalue weighted by molar-refractivity contribution is -0.141. The van der Waals surface area contributed by atoms with Crippen molar-refractivity contribution in [2.24, 2.45) is 0 Å². The fourth-order valence-corrected chi connectivity index (χ4v) is 2.25. The van der Waals surface area contributed by atoms with Crippen LogP contribution in [0, 0.1) is 0 Å². The number of amides is 1. The minimum absolute atomic E-state index is 0.132. The average molecular weight is 320 g/mol. The first-order valence-corrected chi connectivity index (χ1v) is 6.59. The Morgan fingerprint density at radius 1 is 1.20 bits per heavy atom. The second-order valence-electron chi connectivity index (χ2n) is 3.87. The van der Waals surface area contributed by atoms with E-state index in [0.717, 1.165) is 0 Å². The molecule has 0 heterocycles. The Balaban J connectivity index is 3.04. The Kier molecular flexibility index (Phi) is 6.10. The van der Waals surface area contributed by atoms with Crippen molar-refractivity contribution in [1.82, 2.24) is 4.90 Å². The molecule has 20 heavy (non-hydrogen) atoms. The highest BCUT2D eigenvalue weighted by atomic mass is 35.5.